The molecule has 4 nitrogen and oxygen atoms in total. The molecule has 1 atom stereocenters. The smallest absolute Gasteiger partial charge is 0.127 e. The van der Waals surface area contributed by atoms with Crippen LogP contribution in [0, 0.1) is 5.92 Å². The lowest BCUT2D eigenvalue weighted by Gasteiger charge is -2.14. The van der Waals surface area contributed by atoms with Crippen LogP contribution in [-0.2, 0) is 6.54 Å². The van der Waals surface area contributed by atoms with E-state index in [9.17, 15) is 0 Å². The van der Waals surface area contributed by atoms with Gasteiger partial charge in [0.2, 0.25) is 0 Å². The molecule has 1 N–H and O–H groups in total. The molecular weight excluding hydrogens is 240 g/mol. The monoisotopic (exact) mass is 264 g/mol. The molecule has 1 heterocycles. The first-order valence-corrected chi connectivity index (χ1v) is 6.83. The van der Waals surface area contributed by atoms with Gasteiger partial charge in [-0.3, -0.25) is 0 Å². The summed E-state index contributed by atoms with van der Waals surface area (Å²) in [5.74, 6) is 2.49. The first-order chi connectivity index (χ1) is 9.22. The number of nitrogens with one attached hydrogen (secondary N) is 1. The van der Waals surface area contributed by atoms with Crippen molar-refractivity contribution >= 4 is 0 Å². The lowest BCUT2D eigenvalue weighted by Crippen LogP contribution is -2.24. The van der Waals surface area contributed by atoms with E-state index >= 15 is 0 Å². The predicted octanol–water partition coefficient (Wildman–Crippen LogP) is 1.75. The quantitative estimate of drug-likeness (QED) is 0.848. The lowest BCUT2D eigenvalue weighted by atomic mass is 10.1. The van der Waals surface area contributed by atoms with Gasteiger partial charge in [0.05, 0.1) is 14.2 Å². The Morgan fingerprint density at radius 3 is 2.79 bits per heavy atom. The molecule has 0 amide bonds. The molecule has 0 aromatic heterocycles. The zero-order chi connectivity index (χ0) is 13.7. The second-order valence-corrected chi connectivity index (χ2v) is 5.23. The maximum atomic E-state index is 5.40. The van der Waals surface area contributed by atoms with Gasteiger partial charge < -0.3 is 19.7 Å². The van der Waals surface area contributed by atoms with Crippen molar-refractivity contribution in [3.63, 3.8) is 0 Å². The first kappa shape index (κ1) is 14.2. The molecule has 1 aromatic carbocycles. The summed E-state index contributed by atoms with van der Waals surface area (Å²) in [5.41, 5.74) is 1.18. The van der Waals surface area contributed by atoms with Crippen molar-refractivity contribution in [3.8, 4) is 11.5 Å². The summed E-state index contributed by atoms with van der Waals surface area (Å²) in [6, 6.07) is 5.97. The van der Waals surface area contributed by atoms with Gasteiger partial charge in [0.25, 0.3) is 0 Å². The van der Waals surface area contributed by atoms with Crippen LogP contribution in [0.15, 0.2) is 18.2 Å². The van der Waals surface area contributed by atoms with Crippen LogP contribution in [0.1, 0.15) is 12.0 Å². The predicted molar refractivity (Wildman–Crippen MR) is 76.9 cm³/mol. The minimum absolute atomic E-state index is 0.772. The average molecular weight is 264 g/mol. The van der Waals surface area contributed by atoms with Crippen LogP contribution in [0.3, 0.4) is 0 Å². The number of nitrogens with zero attached hydrogens (tertiary/aromatic N) is 1. The highest BCUT2D eigenvalue weighted by molar-refractivity contribution is 5.40. The fraction of sp³-hybridized carbons (Fsp3) is 0.600. The summed E-state index contributed by atoms with van der Waals surface area (Å²) in [6.07, 6.45) is 1.29. The summed E-state index contributed by atoms with van der Waals surface area (Å²) < 4.78 is 10.6. The second-order valence-electron chi connectivity index (χ2n) is 5.23. The topological polar surface area (TPSA) is 33.7 Å². The number of hydrogen-bond donors (Lipinski definition) is 1. The van der Waals surface area contributed by atoms with Crippen LogP contribution in [-0.4, -0.2) is 45.8 Å². The van der Waals surface area contributed by atoms with Gasteiger partial charge in [-0.25, -0.2) is 0 Å². The van der Waals surface area contributed by atoms with E-state index in [2.05, 4.69) is 23.3 Å². The average Bonchev–Trinajstić information content (AvgIpc) is 2.84. The highest BCUT2D eigenvalue weighted by atomic mass is 16.5. The molecule has 1 unspecified atom stereocenters. The molecule has 0 aliphatic carbocycles. The molecule has 1 aliphatic heterocycles. The maximum absolute atomic E-state index is 5.40. The molecule has 1 aromatic rings. The van der Waals surface area contributed by atoms with Crippen LogP contribution in [0.5, 0.6) is 11.5 Å². The first-order valence-electron chi connectivity index (χ1n) is 6.83. The molecule has 1 fully saturated rings. The van der Waals surface area contributed by atoms with Gasteiger partial charge in [-0.05, 0) is 38.5 Å². The Hall–Kier alpha value is -1.26. The maximum Gasteiger partial charge on any atom is 0.127 e. The molecule has 1 saturated heterocycles. The summed E-state index contributed by atoms with van der Waals surface area (Å²) >= 11 is 0. The van der Waals surface area contributed by atoms with E-state index in [4.69, 9.17) is 9.47 Å². The van der Waals surface area contributed by atoms with Gasteiger partial charge in [0.15, 0.2) is 0 Å². The molecular formula is C15H24N2O2. The Kier molecular flexibility index (Phi) is 5.05. The van der Waals surface area contributed by atoms with Crippen molar-refractivity contribution in [2.75, 3.05) is 40.9 Å². The van der Waals surface area contributed by atoms with E-state index in [0.29, 0.717) is 0 Å². The Bertz CT molecular complexity index is 409. The summed E-state index contributed by atoms with van der Waals surface area (Å²) in [5, 5.41) is 3.53. The molecule has 1 aliphatic rings. The van der Waals surface area contributed by atoms with Gasteiger partial charge in [0, 0.05) is 24.7 Å². The SMILES string of the molecule is COc1ccc(CNCC2CCN(C)C2)c(OC)c1. The highest BCUT2D eigenvalue weighted by Crippen LogP contribution is 2.24. The Balaban J connectivity index is 1.85. The van der Waals surface area contributed by atoms with Gasteiger partial charge in [-0.15, -0.1) is 0 Å². The minimum Gasteiger partial charge on any atom is -0.497 e. The van der Waals surface area contributed by atoms with E-state index in [1.54, 1.807) is 14.2 Å². The molecule has 0 spiro atoms. The molecule has 0 bridgehead atoms. The van der Waals surface area contributed by atoms with E-state index in [1.807, 2.05) is 12.1 Å². The van der Waals surface area contributed by atoms with Crippen LogP contribution in [0.4, 0.5) is 0 Å². The third-order valence-electron chi connectivity index (χ3n) is 3.73. The van der Waals surface area contributed by atoms with Crippen LogP contribution in [0.25, 0.3) is 0 Å². The van der Waals surface area contributed by atoms with Crippen molar-refractivity contribution in [2.24, 2.45) is 5.92 Å². The minimum atomic E-state index is 0.772. The normalized spacial score (nSPS) is 19.6. The fourth-order valence-corrected chi connectivity index (χ4v) is 2.60. The largest absolute Gasteiger partial charge is 0.497 e. The number of hydrogen-bond acceptors (Lipinski definition) is 4. The molecule has 2 rings (SSSR count). The summed E-state index contributed by atoms with van der Waals surface area (Å²) in [6.45, 7) is 4.33. The number of methoxy groups -OCH3 is 2. The third-order valence-corrected chi connectivity index (χ3v) is 3.73. The number of rotatable bonds is 6. The van der Waals surface area contributed by atoms with Crippen LogP contribution >= 0.6 is 0 Å². The Labute approximate surface area is 115 Å². The zero-order valence-corrected chi connectivity index (χ0v) is 12.1. The van der Waals surface area contributed by atoms with Crippen molar-refractivity contribution in [2.45, 2.75) is 13.0 Å². The van der Waals surface area contributed by atoms with Crippen molar-refractivity contribution in [3.05, 3.63) is 23.8 Å². The van der Waals surface area contributed by atoms with Gasteiger partial charge in [0.1, 0.15) is 11.5 Å². The van der Waals surface area contributed by atoms with E-state index in [0.717, 1.165) is 30.5 Å². The van der Waals surface area contributed by atoms with Gasteiger partial charge >= 0.3 is 0 Å². The van der Waals surface area contributed by atoms with Crippen molar-refractivity contribution in [1.82, 2.24) is 10.2 Å². The van der Waals surface area contributed by atoms with Crippen molar-refractivity contribution in [1.29, 1.82) is 0 Å². The standard InChI is InChI=1S/C15H24N2O2/c1-17-7-6-12(11-17)9-16-10-13-4-5-14(18-2)8-15(13)19-3/h4-5,8,12,16H,6-7,9-11H2,1-3H3. The Morgan fingerprint density at radius 1 is 1.32 bits per heavy atom. The van der Waals surface area contributed by atoms with Crippen LogP contribution < -0.4 is 14.8 Å². The number of benzene rings is 1. The Morgan fingerprint density at radius 2 is 2.16 bits per heavy atom. The zero-order valence-electron chi connectivity index (χ0n) is 12.1. The molecule has 19 heavy (non-hydrogen) atoms. The highest BCUT2D eigenvalue weighted by Gasteiger charge is 2.18. The van der Waals surface area contributed by atoms with Gasteiger partial charge in [-0.2, -0.15) is 0 Å². The molecule has 106 valence electrons. The molecule has 0 radical (unpaired) electrons. The van der Waals surface area contributed by atoms with E-state index < -0.39 is 0 Å². The molecule has 0 saturated carbocycles. The fourth-order valence-electron chi connectivity index (χ4n) is 2.60. The lowest BCUT2D eigenvalue weighted by molar-refractivity contribution is 0.382. The third kappa shape index (κ3) is 3.85. The van der Waals surface area contributed by atoms with Crippen molar-refractivity contribution < 1.29 is 9.47 Å². The van der Waals surface area contributed by atoms with Gasteiger partial charge in [-0.1, -0.05) is 6.07 Å². The van der Waals surface area contributed by atoms with E-state index in [-0.39, 0.29) is 0 Å². The molecule has 4 heteroatoms. The number of likely N-dealkylation sites (tertiary alicyclic amines) is 1. The van der Waals surface area contributed by atoms with E-state index in [1.165, 1.54) is 25.1 Å². The second kappa shape index (κ2) is 6.78. The van der Waals surface area contributed by atoms with Crippen LogP contribution in [0.2, 0.25) is 0 Å². The summed E-state index contributed by atoms with van der Waals surface area (Å²) in [7, 11) is 5.56. The summed E-state index contributed by atoms with van der Waals surface area (Å²) in [4.78, 5) is 2.39. The number of ether oxygens (including phenoxy) is 2.